The van der Waals surface area contributed by atoms with Crippen LogP contribution in [0.25, 0.3) is 0 Å². The average Bonchev–Trinajstić information content (AvgIpc) is 2.67. The molecule has 1 aromatic carbocycles. The molecule has 10 heteroatoms. The number of benzene rings is 1. The monoisotopic (exact) mass is 425 g/mol. The number of amides is 2. The Morgan fingerprint density at radius 3 is 2.31 bits per heavy atom. The zero-order chi connectivity index (χ0) is 21.8. The van der Waals surface area contributed by atoms with Crippen molar-refractivity contribution in [1.29, 1.82) is 0 Å². The number of sulfonamides is 1. The van der Waals surface area contributed by atoms with Crippen LogP contribution in [0.1, 0.15) is 30.9 Å². The second-order valence-electron chi connectivity index (χ2n) is 7.09. The SMILES string of the molecule is Cc1ccc(C)c(S(=O)(=O)N2CCN(C(=O)CCC(=O)OC(C)C(N)=O)CC2)c1. The molecule has 1 saturated heterocycles. The number of aryl methyl sites for hydroxylation is 2. The minimum absolute atomic E-state index is 0.0753. The molecule has 1 atom stereocenters. The first kappa shape index (κ1) is 22.8. The third-order valence-corrected chi connectivity index (χ3v) is 6.85. The van der Waals surface area contributed by atoms with Crippen LogP contribution in [0.2, 0.25) is 0 Å². The quantitative estimate of drug-likeness (QED) is 0.628. The predicted octanol–water partition coefficient (Wildman–Crippen LogP) is 0.334. The first-order valence-electron chi connectivity index (χ1n) is 9.36. The van der Waals surface area contributed by atoms with Gasteiger partial charge in [-0.15, -0.1) is 0 Å². The van der Waals surface area contributed by atoms with Crippen LogP contribution in [0.5, 0.6) is 0 Å². The Kier molecular flexibility index (Phi) is 7.37. The van der Waals surface area contributed by atoms with Gasteiger partial charge in [-0.2, -0.15) is 4.31 Å². The Labute approximate surface area is 170 Å². The number of carbonyl (C=O) groups is 3. The normalized spacial score (nSPS) is 16.3. The van der Waals surface area contributed by atoms with E-state index in [0.29, 0.717) is 5.56 Å². The molecule has 2 rings (SSSR count). The van der Waals surface area contributed by atoms with Crippen LogP contribution in [-0.4, -0.2) is 67.7 Å². The summed E-state index contributed by atoms with van der Waals surface area (Å²) in [6.07, 6.45) is -1.29. The molecule has 2 N–H and O–H groups in total. The molecule has 1 aromatic rings. The summed E-state index contributed by atoms with van der Waals surface area (Å²) < 4.78 is 32.1. The highest BCUT2D eigenvalue weighted by molar-refractivity contribution is 7.89. The summed E-state index contributed by atoms with van der Waals surface area (Å²) in [5.41, 5.74) is 6.56. The van der Waals surface area contributed by atoms with Crippen LogP contribution >= 0.6 is 0 Å². The number of nitrogens with two attached hydrogens (primary N) is 1. The van der Waals surface area contributed by atoms with Crippen molar-refractivity contribution in [2.75, 3.05) is 26.2 Å². The Hall–Kier alpha value is -2.46. The van der Waals surface area contributed by atoms with E-state index in [0.717, 1.165) is 5.56 Å². The molecule has 2 amide bonds. The summed E-state index contributed by atoms with van der Waals surface area (Å²) in [6, 6.07) is 5.29. The highest BCUT2D eigenvalue weighted by Crippen LogP contribution is 2.22. The first-order chi connectivity index (χ1) is 13.5. The molecule has 1 fully saturated rings. The van der Waals surface area contributed by atoms with Crippen LogP contribution in [0.15, 0.2) is 23.1 Å². The molecular weight excluding hydrogens is 398 g/mol. The fourth-order valence-electron chi connectivity index (χ4n) is 2.98. The minimum atomic E-state index is -3.63. The number of piperazine rings is 1. The molecular formula is C19H27N3O6S. The maximum atomic E-state index is 12.9. The molecule has 1 unspecified atom stereocenters. The molecule has 0 aliphatic carbocycles. The van der Waals surface area contributed by atoms with Gasteiger partial charge in [0.1, 0.15) is 0 Å². The maximum Gasteiger partial charge on any atom is 0.307 e. The summed E-state index contributed by atoms with van der Waals surface area (Å²) in [6.45, 7) is 5.81. The van der Waals surface area contributed by atoms with Crippen LogP contribution < -0.4 is 5.73 Å². The number of primary amides is 1. The Morgan fingerprint density at radius 2 is 1.72 bits per heavy atom. The number of carbonyl (C=O) groups excluding carboxylic acids is 3. The third kappa shape index (κ3) is 5.77. The van der Waals surface area contributed by atoms with Gasteiger partial charge in [-0.05, 0) is 38.0 Å². The number of esters is 1. The largest absolute Gasteiger partial charge is 0.453 e. The summed E-state index contributed by atoms with van der Waals surface area (Å²) >= 11 is 0. The molecule has 0 spiro atoms. The molecule has 1 heterocycles. The molecule has 0 bridgehead atoms. The van der Waals surface area contributed by atoms with Crippen LogP contribution in [0.4, 0.5) is 0 Å². The first-order valence-corrected chi connectivity index (χ1v) is 10.8. The Morgan fingerprint density at radius 1 is 1.10 bits per heavy atom. The smallest absolute Gasteiger partial charge is 0.307 e. The zero-order valence-corrected chi connectivity index (χ0v) is 17.7. The van der Waals surface area contributed by atoms with E-state index in [1.807, 2.05) is 13.0 Å². The number of hydrogen-bond donors (Lipinski definition) is 1. The third-order valence-electron chi connectivity index (χ3n) is 4.80. The average molecular weight is 426 g/mol. The van der Waals surface area contributed by atoms with Gasteiger partial charge in [-0.1, -0.05) is 12.1 Å². The zero-order valence-electron chi connectivity index (χ0n) is 16.9. The fourth-order valence-corrected chi connectivity index (χ4v) is 4.72. The van der Waals surface area contributed by atoms with Gasteiger partial charge in [-0.25, -0.2) is 8.42 Å². The van der Waals surface area contributed by atoms with Crippen molar-refractivity contribution >= 4 is 27.8 Å². The highest BCUT2D eigenvalue weighted by atomic mass is 32.2. The van der Waals surface area contributed by atoms with E-state index < -0.39 is 28.0 Å². The van der Waals surface area contributed by atoms with Crippen molar-refractivity contribution < 1.29 is 27.5 Å². The van der Waals surface area contributed by atoms with E-state index in [9.17, 15) is 22.8 Å². The summed E-state index contributed by atoms with van der Waals surface area (Å²) in [5.74, 6) is -1.70. The molecule has 9 nitrogen and oxygen atoms in total. The van der Waals surface area contributed by atoms with Gasteiger partial charge in [0.2, 0.25) is 15.9 Å². The number of ether oxygens (including phenoxy) is 1. The van der Waals surface area contributed by atoms with Crippen LogP contribution in [-0.2, 0) is 29.1 Å². The maximum absolute atomic E-state index is 12.9. The number of hydrogen-bond acceptors (Lipinski definition) is 6. The van der Waals surface area contributed by atoms with E-state index in [2.05, 4.69) is 0 Å². The predicted molar refractivity (Wildman–Crippen MR) is 105 cm³/mol. The lowest BCUT2D eigenvalue weighted by molar-refractivity contribution is -0.154. The molecule has 160 valence electrons. The number of rotatable bonds is 7. The van der Waals surface area contributed by atoms with Crippen molar-refractivity contribution in [2.45, 2.75) is 44.6 Å². The molecule has 0 aromatic heterocycles. The van der Waals surface area contributed by atoms with E-state index in [4.69, 9.17) is 10.5 Å². The Balaban J connectivity index is 1.90. The second-order valence-corrected chi connectivity index (χ2v) is 8.99. The van der Waals surface area contributed by atoms with Gasteiger partial charge in [-0.3, -0.25) is 14.4 Å². The molecule has 1 aliphatic heterocycles. The standard InChI is InChI=1S/C19H27N3O6S/c1-13-4-5-14(2)16(12-13)29(26,27)22-10-8-21(9-11-22)17(23)6-7-18(24)28-15(3)19(20)25/h4-5,12,15H,6-11H2,1-3H3,(H2,20,25). The number of nitrogens with zero attached hydrogens (tertiary/aromatic N) is 2. The molecule has 0 saturated carbocycles. The molecule has 0 radical (unpaired) electrons. The summed E-state index contributed by atoms with van der Waals surface area (Å²) in [7, 11) is -3.63. The van der Waals surface area contributed by atoms with Crippen LogP contribution in [0.3, 0.4) is 0 Å². The lowest BCUT2D eigenvalue weighted by atomic mass is 10.2. The van der Waals surface area contributed by atoms with Gasteiger partial charge in [0.25, 0.3) is 5.91 Å². The molecule has 29 heavy (non-hydrogen) atoms. The summed E-state index contributed by atoms with van der Waals surface area (Å²) in [4.78, 5) is 36.7. The summed E-state index contributed by atoms with van der Waals surface area (Å²) in [5, 5.41) is 0. The van der Waals surface area contributed by atoms with Gasteiger partial charge >= 0.3 is 5.97 Å². The van der Waals surface area contributed by atoms with E-state index in [-0.39, 0.29) is 49.8 Å². The van der Waals surface area contributed by atoms with Crippen molar-refractivity contribution in [3.8, 4) is 0 Å². The molecule has 1 aliphatic rings. The van der Waals surface area contributed by atoms with Crippen molar-refractivity contribution in [3.63, 3.8) is 0 Å². The van der Waals surface area contributed by atoms with E-state index >= 15 is 0 Å². The van der Waals surface area contributed by atoms with Gasteiger partial charge in [0.15, 0.2) is 6.10 Å². The Bertz CT molecular complexity index is 891. The minimum Gasteiger partial charge on any atom is -0.453 e. The highest BCUT2D eigenvalue weighted by Gasteiger charge is 2.31. The van der Waals surface area contributed by atoms with E-state index in [1.165, 1.54) is 16.1 Å². The van der Waals surface area contributed by atoms with Crippen LogP contribution in [0, 0.1) is 13.8 Å². The fraction of sp³-hybridized carbons (Fsp3) is 0.526. The topological polar surface area (TPSA) is 127 Å². The van der Waals surface area contributed by atoms with Gasteiger partial charge in [0, 0.05) is 32.6 Å². The van der Waals surface area contributed by atoms with E-state index in [1.54, 1.807) is 19.1 Å². The van der Waals surface area contributed by atoms with Crippen molar-refractivity contribution in [2.24, 2.45) is 5.73 Å². The van der Waals surface area contributed by atoms with Gasteiger partial charge < -0.3 is 15.4 Å². The van der Waals surface area contributed by atoms with Gasteiger partial charge in [0.05, 0.1) is 11.3 Å². The van der Waals surface area contributed by atoms with Crippen molar-refractivity contribution in [3.05, 3.63) is 29.3 Å². The second kappa shape index (κ2) is 9.36. The van der Waals surface area contributed by atoms with Crippen molar-refractivity contribution in [1.82, 2.24) is 9.21 Å². The lowest BCUT2D eigenvalue weighted by Crippen LogP contribution is -2.50. The lowest BCUT2D eigenvalue weighted by Gasteiger charge is -2.34.